The van der Waals surface area contributed by atoms with Gasteiger partial charge in [0.15, 0.2) is 0 Å². The summed E-state index contributed by atoms with van der Waals surface area (Å²) in [6, 6.07) is 7.48. The van der Waals surface area contributed by atoms with Crippen LogP contribution < -0.4 is 9.80 Å². The van der Waals surface area contributed by atoms with Gasteiger partial charge in [0, 0.05) is 36.7 Å². The van der Waals surface area contributed by atoms with Crippen molar-refractivity contribution in [2.45, 2.75) is 13.8 Å². The normalized spacial score (nSPS) is 13.4. The number of nitrogens with zero attached hydrogens (tertiary/aromatic N) is 2. The average Bonchev–Trinajstić information content (AvgIpc) is 2.90. The molecule has 4 nitrogen and oxygen atoms in total. The van der Waals surface area contributed by atoms with Gasteiger partial charge in [-0.2, -0.15) is 0 Å². The monoisotopic (exact) mass is 606 g/mol. The number of carbonyl (C=O) groups excluding carboxylic acids is 2. The highest BCUT2D eigenvalue weighted by Gasteiger charge is 2.41. The second-order valence-electron chi connectivity index (χ2n) is 5.64. The predicted octanol–water partition coefficient (Wildman–Crippen LogP) is 6.38. The highest BCUT2D eigenvalue weighted by Crippen LogP contribution is 2.46. The number of amides is 2. The molecule has 26 heavy (non-hydrogen) atoms. The topological polar surface area (TPSA) is 40.6 Å². The summed E-state index contributed by atoms with van der Waals surface area (Å²) in [5, 5.41) is 0. The van der Waals surface area contributed by atoms with E-state index in [1.807, 2.05) is 12.1 Å². The maximum atomic E-state index is 13.0. The van der Waals surface area contributed by atoms with Gasteiger partial charge < -0.3 is 4.90 Å². The van der Waals surface area contributed by atoms with Crippen LogP contribution in [0.4, 0.5) is 11.4 Å². The van der Waals surface area contributed by atoms with E-state index in [1.165, 1.54) is 4.90 Å². The number of hydrogen-bond donors (Lipinski definition) is 0. The molecule has 0 aliphatic carbocycles. The minimum Gasteiger partial charge on any atom is -0.372 e. The molecule has 0 fully saturated rings. The van der Waals surface area contributed by atoms with Crippen molar-refractivity contribution >= 4 is 86.9 Å². The predicted molar refractivity (Wildman–Crippen MR) is 118 cm³/mol. The molecular formula is C18H14Br4N2O2. The highest BCUT2D eigenvalue weighted by atomic mass is 79.9. The lowest BCUT2D eigenvalue weighted by Crippen LogP contribution is -2.29. The van der Waals surface area contributed by atoms with Crippen molar-refractivity contribution in [1.29, 1.82) is 0 Å². The van der Waals surface area contributed by atoms with E-state index in [1.54, 1.807) is 12.1 Å². The van der Waals surface area contributed by atoms with Gasteiger partial charge in [-0.05, 0) is 102 Å². The van der Waals surface area contributed by atoms with Crippen molar-refractivity contribution in [1.82, 2.24) is 0 Å². The van der Waals surface area contributed by atoms with Crippen LogP contribution in [0, 0.1) is 0 Å². The fourth-order valence-electron chi connectivity index (χ4n) is 2.98. The van der Waals surface area contributed by atoms with Crippen LogP contribution in [0.2, 0.25) is 0 Å². The SMILES string of the molecule is CCN(CC)c1ccc(N2C(=O)c3c(Br)c(Br)c(Br)c(Br)c3C2=O)cc1. The largest absolute Gasteiger partial charge is 0.372 e. The van der Waals surface area contributed by atoms with E-state index in [2.05, 4.69) is 82.5 Å². The molecule has 0 N–H and O–H groups in total. The Labute approximate surface area is 185 Å². The number of anilines is 2. The van der Waals surface area contributed by atoms with Gasteiger partial charge in [-0.15, -0.1) is 0 Å². The number of benzene rings is 2. The van der Waals surface area contributed by atoms with E-state index in [4.69, 9.17) is 0 Å². The van der Waals surface area contributed by atoms with E-state index < -0.39 is 0 Å². The van der Waals surface area contributed by atoms with E-state index in [0.717, 1.165) is 18.8 Å². The summed E-state index contributed by atoms with van der Waals surface area (Å²) in [6.07, 6.45) is 0. The second kappa shape index (κ2) is 7.73. The maximum absolute atomic E-state index is 13.0. The molecule has 2 aromatic rings. The molecule has 1 aliphatic heterocycles. The number of halogens is 4. The Hall–Kier alpha value is -0.700. The Bertz CT molecular complexity index is 862. The number of hydrogen-bond acceptors (Lipinski definition) is 3. The summed E-state index contributed by atoms with van der Waals surface area (Å²) < 4.78 is 2.48. The molecule has 0 radical (unpaired) electrons. The number of fused-ring (bicyclic) bond motifs is 1. The van der Waals surface area contributed by atoms with E-state index in [-0.39, 0.29) is 11.8 Å². The first kappa shape index (κ1) is 20.0. The minimum absolute atomic E-state index is 0.346. The Morgan fingerprint density at radius 3 is 1.58 bits per heavy atom. The van der Waals surface area contributed by atoms with Crippen molar-refractivity contribution in [3.63, 3.8) is 0 Å². The van der Waals surface area contributed by atoms with Gasteiger partial charge in [-0.25, -0.2) is 4.90 Å². The first-order chi connectivity index (χ1) is 12.3. The summed E-state index contributed by atoms with van der Waals surface area (Å²) in [5.74, 6) is -0.692. The molecule has 0 bridgehead atoms. The first-order valence-corrected chi connectivity index (χ1v) is 11.1. The molecule has 0 spiro atoms. The molecule has 0 atom stereocenters. The second-order valence-corrected chi connectivity index (χ2v) is 8.81. The zero-order valence-electron chi connectivity index (χ0n) is 13.9. The van der Waals surface area contributed by atoms with Crippen LogP contribution in [0.3, 0.4) is 0 Å². The molecule has 0 saturated carbocycles. The van der Waals surface area contributed by atoms with Crippen molar-refractivity contribution in [3.8, 4) is 0 Å². The quantitative estimate of drug-likeness (QED) is 0.229. The van der Waals surface area contributed by atoms with Crippen molar-refractivity contribution in [2.24, 2.45) is 0 Å². The average molecular weight is 610 g/mol. The minimum atomic E-state index is -0.346. The zero-order chi connectivity index (χ0) is 19.2. The van der Waals surface area contributed by atoms with Crippen LogP contribution in [-0.4, -0.2) is 24.9 Å². The maximum Gasteiger partial charge on any atom is 0.267 e. The standard InChI is InChI=1S/C18H14Br4N2O2/c1-3-23(4-2)9-5-7-10(8-6-9)24-17(25)11-12(18(24)26)14(20)16(22)15(21)13(11)19/h5-8H,3-4H2,1-2H3. The van der Waals surface area contributed by atoms with Gasteiger partial charge in [0.1, 0.15) is 0 Å². The van der Waals surface area contributed by atoms with Gasteiger partial charge in [-0.1, -0.05) is 0 Å². The van der Waals surface area contributed by atoms with Crippen LogP contribution in [0.5, 0.6) is 0 Å². The molecule has 2 aromatic carbocycles. The summed E-state index contributed by atoms with van der Waals surface area (Å²) in [6.45, 7) is 5.97. The van der Waals surface area contributed by atoms with Crippen molar-refractivity contribution in [3.05, 3.63) is 53.3 Å². The van der Waals surface area contributed by atoms with Gasteiger partial charge >= 0.3 is 0 Å². The smallest absolute Gasteiger partial charge is 0.267 e. The fraction of sp³-hybridized carbons (Fsp3) is 0.222. The number of rotatable bonds is 4. The molecule has 1 aliphatic rings. The van der Waals surface area contributed by atoms with Gasteiger partial charge in [0.2, 0.25) is 0 Å². The summed E-state index contributed by atoms with van der Waals surface area (Å²) >= 11 is 13.7. The van der Waals surface area contributed by atoms with E-state index >= 15 is 0 Å². The molecule has 8 heteroatoms. The fourth-order valence-corrected chi connectivity index (χ4v) is 5.44. The van der Waals surface area contributed by atoms with Crippen molar-refractivity contribution < 1.29 is 9.59 Å². The molecule has 0 saturated heterocycles. The van der Waals surface area contributed by atoms with Gasteiger partial charge in [0.05, 0.1) is 16.8 Å². The first-order valence-electron chi connectivity index (χ1n) is 7.93. The molecule has 1 heterocycles. The van der Waals surface area contributed by atoms with E-state index in [0.29, 0.717) is 34.7 Å². The van der Waals surface area contributed by atoms with Gasteiger partial charge in [0.25, 0.3) is 11.8 Å². The van der Waals surface area contributed by atoms with Crippen LogP contribution in [-0.2, 0) is 0 Å². The lowest BCUT2D eigenvalue weighted by atomic mass is 10.1. The van der Waals surface area contributed by atoms with Gasteiger partial charge in [-0.3, -0.25) is 9.59 Å². The van der Waals surface area contributed by atoms with Crippen molar-refractivity contribution in [2.75, 3.05) is 22.9 Å². The summed E-state index contributed by atoms with van der Waals surface area (Å²) in [4.78, 5) is 29.4. The molecule has 3 rings (SSSR count). The van der Waals surface area contributed by atoms with Crippen LogP contribution >= 0.6 is 63.7 Å². The Balaban J connectivity index is 2.06. The summed E-state index contributed by atoms with van der Waals surface area (Å²) in [7, 11) is 0. The third kappa shape index (κ3) is 3.08. The lowest BCUT2D eigenvalue weighted by Gasteiger charge is -2.22. The lowest BCUT2D eigenvalue weighted by molar-refractivity contribution is 0.0925. The van der Waals surface area contributed by atoms with Crippen LogP contribution in [0.15, 0.2) is 42.2 Å². The highest BCUT2D eigenvalue weighted by molar-refractivity contribution is 9.15. The van der Waals surface area contributed by atoms with Crippen LogP contribution in [0.1, 0.15) is 34.6 Å². The molecule has 0 aromatic heterocycles. The number of imide groups is 1. The third-order valence-electron chi connectivity index (χ3n) is 4.34. The summed E-state index contributed by atoms with van der Waals surface area (Å²) in [5.41, 5.74) is 2.32. The number of carbonyl (C=O) groups is 2. The molecule has 2 amide bonds. The third-order valence-corrected chi connectivity index (χ3v) is 9.11. The van der Waals surface area contributed by atoms with Crippen LogP contribution in [0.25, 0.3) is 0 Å². The Morgan fingerprint density at radius 2 is 1.19 bits per heavy atom. The van der Waals surface area contributed by atoms with E-state index in [9.17, 15) is 9.59 Å². The molecule has 0 unspecified atom stereocenters. The Morgan fingerprint density at radius 1 is 0.769 bits per heavy atom. The molecular weight excluding hydrogens is 596 g/mol. The molecule has 136 valence electrons. The Kier molecular flexibility index (Phi) is 5.96. The zero-order valence-corrected chi connectivity index (χ0v) is 20.3.